The van der Waals surface area contributed by atoms with Crippen LogP contribution in [0.25, 0.3) is 22.2 Å². The van der Waals surface area contributed by atoms with Crippen molar-refractivity contribution in [3.8, 4) is 11.1 Å². The Morgan fingerprint density at radius 2 is 1.68 bits per heavy atom. The lowest BCUT2D eigenvalue weighted by atomic mass is 9.98. The number of amides is 1. The Kier molecular flexibility index (Phi) is 4.63. The summed E-state index contributed by atoms with van der Waals surface area (Å²) in [4.78, 5) is 30.8. The predicted molar refractivity (Wildman–Crippen MR) is 115 cm³/mol. The smallest absolute Gasteiger partial charge is 0.407 e. The van der Waals surface area contributed by atoms with E-state index in [0.29, 0.717) is 16.9 Å². The lowest BCUT2D eigenvalue weighted by Crippen LogP contribution is -2.26. The molecule has 31 heavy (non-hydrogen) atoms. The summed E-state index contributed by atoms with van der Waals surface area (Å²) in [5.74, 6) is -0.486. The third-order valence-corrected chi connectivity index (χ3v) is 5.52. The summed E-state index contributed by atoms with van der Waals surface area (Å²) in [5.41, 5.74) is 6.07. The molecule has 1 amide bonds. The number of benzene rings is 3. The van der Waals surface area contributed by atoms with Crippen molar-refractivity contribution >= 4 is 23.1 Å². The standard InChI is InChI=1S/C24H19N3O4/c28-23(29)14-9-10-20-21(11-14)27-22(26-20)12-25-24(30)31-13-19-17-7-3-1-5-15(17)16-6-2-4-8-18(16)19/h1-11,19H,12-13H2,(H,25,30)(H,26,27)(H,28,29). The van der Waals surface area contributed by atoms with E-state index in [4.69, 9.17) is 9.84 Å². The van der Waals surface area contributed by atoms with E-state index >= 15 is 0 Å². The van der Waals surface area contributed by atoms with Gasteiger partial charge in [-0.25, -0.2) is 14.6 Å². The van der Waals surface area contributed by atoms with Crippen LogP contribution in [-0.2, 0) is 11.3 Å². The van der Waals surface area contributed by atoms with Gasteiger partial charge in [-0.2, -0.15) is 0 Å². The van der Waals surface area contributed by atoms with Gasteiger partial charge in [-0.15, -0.1) is 0 Å². The first-order chi connectivity index (χ1) is 15.1. The molecule has 5 rings (SSSR count). The van der Waals surface area contributed by atoms with E-state index in [0.717, 1.165) is 11.1 Å². The molecule has 0 bridgehead atoms. The first-order valence-corrected chi connectivity index (χ1v) is 9.91. The molecule has 0 spiro atoms. The van der Waals surface area contributed by atoms with Crippen LogP contribution in [0.4, 0.5) is 4.79 Å². The lowest BCUT2D eigenvalue weighted by Gasteiger charge is -2.14. The highest BCUT2D eigenvalue weighted by atomic mass is 16.5. The van der Waals surface area contributed by atoms with Crippen LogP contribution >= 0.6 is 0 Å². The van der Waals surface area contributed by atoms with Crippen molar-refractivity contribution in [2.75, 3.05) is 6.61 Å². The van der Waals surface area contributed by atoms with Crippen LogP contribution in [0.2, 0.25) is 0 Å². The van der Waals surface area contributed by atoms with Gasteiger partial charge < -0.3 is 20.1 Å². The molecule has 0 saturated heterocycles. The number of nitrogens with zero attached hydrogens (tertiary/aromatic N) is 1. The number of rotatable bonds is 5. The van der Waals surface area contributed by atoms with Gasteiger partial charge in [0.2, 0.25) is 0 Å². The first-order valence-electron chi connectivity index (χ1n) is 9.91. The number of ether oxygens (including phenoxy) is 1. The van der Waals surface area contributed by atoms with Gasteiger partial charge in [0.1, 0.15) is 12.4 Å². The summed E-state index contributed by atoms with van der Waals surface area (Å²) < 4.78 is 5.52. The average Bonchev–Trinajstić information content (AvgIpc) is 3.34. The summed E-state index contributed by atoms with van der Waals surface area (Å²) in [6, 6.07) is 21.0. The second-order valence-corrected chi connectivity index (χ2v) is 7.40. The molecule has 7 nitrogen and oxygen atoms in total. The number of aromatic nitrogens is 2. The van der Waals surface area contributed by atoms with Crippen molar-refractivity contribution in [2.24, 2.45) is 0 Å². The molecule has 1 heterocycles. The van der Waals surface area contributed by atoms with Gasteiger partial charge in [-0.3, -0.25) is 0 Å². The number of carbonyl (C=O) groups excluding carboxylic acids is 1. The van der Waals surface area contributed by atoms with Gasteiger partial charge in [0.25, 0.3) is 0 Å². The Balaban J connectivity index is 1.24. The number of hydrogen-bond acceptors (Lipinski definition) is 4. The van der Waals surface area contributed by atoms with E-state index in [1.54, 1.807) is 6.07 Å². The van der Waals surface area contributed by atoms with E-state index in [1.807, 2.05) is 24.3 Å². The average molecular weight is 413 g/mol. The summed E-state index contributed by atoms with van der Waals surface area (Å²) >= 11 is 0. The Morgan fingerprint density at radius 1 is 1.00 bits per heavy atom. The van der Waals surface area contributed by atoms with Crippen LogP contribution in [-0.4, -0.2) is 33.7 Å². The van der Waals surface area contributed by atoms with Gasteiger partial charge in [0.15, 0.2) is 0 Å². The third kappa shape index (κ3) is 3.50. The van der Waals surface area contributed by atoms with E-state index < -0.39 is 12.1 Å². The molecule has 1 aromatic heterocycles. The second-order valence-electron chi connectivity index (χ2n) is 7.40. The number of aromatic carboxylic acids is 1. The largest absolute Gasteiger partial charge is 0.478 e. The third-order valence-electron chi connectivity index (χ3n) is 5.52. The van der Waals surface area contributed by atoms with E-state index in [1.165, 1.54) is 23.3 Å². The molecule has 0 unspecified atom stereocenters. The first kappa shape index (κ1) is 18.9. The lowest BCUT2D eigenvalue weighted by molar-refractivity contribution is 0.0697. The van der Waals surface area contributed by atoms with Gasteiger partial charge in [-0.1, -0.05) is 48.5 Å². The van der Waals surface area contributed by atoms with Crippen LogP contribution in [0.1, 0.15) is 33.2 Å². The molecule has 1 aliphatic rings. The molecule has 0 radical (unpaired) electrons. The number of imidazole rings is 1. The highest BCUT2D eigenvalue weighted by Crippen LogP contribution is 2.44. The highest BCUT2D eigenvalue weighted by molar-refractivity contribution is 5.92. The van der Waals surface area contributed by atoms with Crippen molar-refractivity contribution < 1.29 is 19.4 Å². The molecule has 3 aromatic carbocycles. The molecule has 0 saturated carbocycles. The van der Waals surface area contributed by atoms with E-state index in [-0.39, 0.29) is 24.6 Å². The van der Waals surface area contributed by atoms with Gasteiger partial charge in [0, 0.05) is 5.92 Å². The molecule has 0 aliphatic heterocycles. The van der Waals surface area contributed by atoms with Gasteiger partial charge in [-0.05, 0) is 40.5 Å². The molecular formula is C24H19N3O4. The number of nitrogens with one attached hydrogen (secondary N) is 2. The highest BCUT2D eigenvalue weighted by Gasteiger charge is 2.28. The maximum absolute atomic E-state index is 12.3. The van der Waals surface area contributed by atoms with Crippen molar-refractivity contribution in [1.29, 1.82) is 0 Å². The zero-order valence-electron chi connectivity index (χ0n) is 16.5. The molecule has 7 heteroatoms. The Bertz CT molecular complexity index is 1270. The van der Waals surface area contributed by atoms with Crippen LogP contribution in [0.5, 0.6) is 0 Å². The van der Waals surface area contributed by atoms with Crippen molar-refractivity contribution in [1.82, 2.24) is 15.3 Å². The fraction of sp³-hybridized carbons (Fsp3) is 0.125. The number of carbonyl (C=O) groups is 2. The zero-order valence-corrected chi connectivity index (χ0v) is 16.5. The minimum absolute atomic E-state index is 0.00112. The number of hydrogen-bond donors (Lipinski definition) is 3. The molecule has 4 aromatic rings. The molecule has 3 N–H and O–H groups in total. The second kappa shape index (κ2) is 7.60. The quantitative estimate of drug-likeness (QED) is 0.453. The minimum atomic E-state index is -1.00. The molecular weight excluding hydrogens is 394 g/mol. The normalized spacial score (nSPS) is 12.4. The van der Waals surface area contributed by atoms with Crippen LogP contribution in [0.3, 0.4) is 0 Å². The summed E-state index contributed by atoms with van der Waals surface area (Å²) in [7, 11) is 0. The van der Waals surface area contributed by atoms with E-state index in [2.05, 4.69) is 39.6 Å². The number of aromatic amines is 1. The van der Waals surface area contributed by atoms with Gasteiger partial charge in [0.05, 0.1) is 23.1 Å². The summed E-state index contributed by atoms with van der Waals surface area (Å²) in [6.07, 6.45) is -0.534. The summed E-state index contributed by atoms with van der Waals surface area (Å²) in [5, 5.41) is 11.8. The van der Waals surface area contributed by atoms with Crippen molar-refractivity contribution in [3.05, 3.63) is 89.2 Å². The topological polar surface area (TPSA) is 104 Å². The Hall–Kier alpha value is -4.13. The molecule has 0 atom stereocenters. The monoisotopic (exact) mass is 413 g/mol. The number of alkyl carbamates (subject to hydrolysis) is 1. The summed E-state index contributed by atoms with van der Waals surface area (Å²) in [6.45, 7) is 0.385. The fourth-order valence-electron chi connectivity index (χ4n) is 4.08. The predicted octanol–water partition coefficient (Wildman–Crippen LogP) is 4.30. The van der Waals surface area contributed by atoms with Crippen LogP contribution in [0, 0.1) is 0 Å². The number of H-pyrrole nitrogens is 1. The van der Waals surface area contributed by atoms with Crippen molar-refractivity contribution in [2.45, 2.75) is 12.5 Å². The fourth-order valence-corrected chi connectivity index (χ4v) is 4.08. The number of fused-ring (bicyclic) bond motifs is 4. The van der Waals surface area contributed by atoms with Crippen LogP contribution < -0.4 is 5.32 Å². The zero-order chi connectivity index (χ0) is 21.4. The maximum atomic E-state index is 12.3. The van der Waals surface area contributed by atoms with E-state index in [9.17, 15) is 9.59 Å². The van der Waals surface area contributed by atoms with Crippen LogP contribution in [0.15, 0.2) is 66.7 Å². The SMILES string of the molecule is O=C(NCc1nc2ccc(C(=O)O)cc2[nH]1)OCC1c2ccccc2-c2ccccc21. The number of carboxylic acid groups (broad SMARTS) is 1. The number of carboxylic acids is 1. The van der Waals surface area contributed by atoms with Gasteiger partial charge >= 0.3 is 12.1 Å². The molecule has 0 fully saturated rings. The van der Waals surface area contributed by atoms with Crippen molar-refractivity contribution in [3.63, 3.8) is 0 Å². The Labute approximate surface area is 177 Å². The Morgan fingerprint density at radius 3 is 2.35 bits per heavy atom. The minimum Gasteiger partial charge on any atom is -0.478 e. The molecule has 1 aliphatic carbocycles. The molecule has 154 valence electrons. The maximum Gasteiger partial charge on any atom is 0.407 e.